The minimum Gasteiger partial charge on any atom is -0.356 e. The largest absolute Gasteiger partial charge is 0.356 e. The van der Waals surface area contributed by atoms with Crippen LogP contribution in [0.5, 0.6) is 0 Å². The van der Waals surface area contributed by atoms with Crippen molar-refractivity contribution in [3.63, 3.8) is 0 Å². The molecule has 94 valence electrons. The Morgan fingerprint density at radius 1 is 1.29 bits per heavy atom. The zero-order valence-electron chi connectivity index (χ0n) is 9.72. The maximum atomic E-state index is 11.2. The van der Waals surface area contributed by atoms with E-state index in [1.807, 2.05) is 13.0 Å². The van der Waals surface area contributed by atoms with E-state index >= 15 is 0 Å². The quantitative estimate of drug-likeness (QED) is 0.783. The fourth-order valence-electron chi connectivity index (χ4n) is 1.40. The molecule has 0 saturated heterocycles. The third-order valence-electron chi connectivity index (χ3n) is 2.27. The van der Waals surface area contributed by atoms with Gasteiger partial charge in [0.1, 0.15) is 0 Å². The summed E-state index contributed by atoms with van der Waals surface area (Å²) in [4.78, 5) is 11.2. The topological polar surface area (TPSA) is 41.1 Å². The third kappa shape index (κ3) is 4.94. The highest BCUT2D eigenvalue weighted by molar-refractivity contribution is 6.35. The van der Waals surface area contributed by atoms with Crippen molar-refractivity contribution in [1.29, 1.82) is 0 Å². The van der Waals surface area contributed by atoms with Crippen molar-refractivity contribution in [3.05, 3.63) is 33.8 Å². The minimum absolute atomic E-state index is 0.0465. The van der Waals surface area contributed by atoms with Crippen LogP contribution in [-0.2, 0) is 11.3 Å². The Morgan fingerprint density at radius 2 is 1.94 bits per heavy atom. The van der Waals surface area contributed by atoms with Crippen LogP contribution in [0.25, 0.3) is 0 Å². The van der Waals surface area contributed by atoms with E-state index < -0.39 is 0 Å². The first-order valence-electron chi connectivity index (χ1n) is 5.55. The van der Waals surface area contributed by atoms with Gasteiger partial charge in [0.25, 0.3) is 0 Å². The molecule has 1 amide bonds. The van der Waals surface area contributed by atoms with E-state index in [4.69, 9.17) is 23.2 Å². The van der Waals surface area contributed by atoms with Gasteiger partial charge in [-0.1, -0.05) is 29.3 Å². The SMILES string of the molecule is CCNC(=O)CCNCc1c(Cl)cccc1Cl. The Morgan fingerprint density at radius 3 is 2.53 bits per heavy atom. The highest BCUT2D eigenvalue weighted by Gasteiger charge is 2.05. The number of hydrogen-bond donors (Lipinski definition) is 2. The van der Waals surface area contributed by atoms with Gasteiger partial charge in [0.2, 0.25) is 5.91 Å². The first-order valence-corrected chi connectivity index (χ1v) is 6.31. The number of carbonyl (C=O) groups is 1. The Labute approximate surface area is 111 Å². The third-order valence-corrected chi connectivity index (χ3v) is 2.97. The smallest absolute Gasteiger partial charge is 0.221 e. The number of nitrogens with one attached hydrogen (secondary N) is 2. The second-order valence-corrected chi connectivity index (χ2v) is 4.39. The average molecular weight is 275 g/mol. The number of carbonyl (C=O) groups excluding carboxylic acids is 1. The van der Waals surface area contributed by atoms with Gasteiger partial charge in [0.05, 0.1) is 0 Å². The minimum atomic E-state index is 0.0465. The Kier molecular flexibility index (Phi) is 6.34. The predicted octanol–water partition coefficient (Wildman–Crippen LogP) is 2.61. The summed E-state index contributed by atoms with van der Waals surface area (Å²) in [6, 6.07) is 5.41. The lowest BCUT2D eigenvalue weighted by molar-refractivity contribution is -0.120. The second kappa shape index (κ2) is 7.54. The van der Waals surface area contributed by atoms with E-state index in [0.29, 0.717) is 36.1 Å². The molecule has 0 fully saturated rings. The second-order valence-electron chi connectivity index (χ2n) is 3.58. The van der Waals surface area contributed by atoms with Crippen molar-refractivity contribution in [3.8, 4) is 0 Å². The molecule has 0 heterocycles. The lowest BCUT2D eigenvalue weighted by atomic mass is 10.2. The first-order chi connectivity index (χ1) is 8.15. The van der Waals surface area contributed by atoms with Crippen molar-refractivity contribution in [2.75, 3.05) is 13.1 Å². The van der Waals surface area contributed by atoms with Crippen LogP contribution in [0.2, 0.25) is 10.0 Å². The first kappa shape index (κ1) is 14.3. The van der Waals surface area contributed by atoms with Gasteiger partial charge in [-0.05, 0) is 19.1 Å². The Balaban J connectivity index is 2.34. The molecule has 0 bridgehead atoms. The summed E-state index contributed by atoms with van der Waals surface area (Å²) in [5.74, 6) is 0.0465. The summed E-state index contributed by atoms with van der Waals surface area (Å²) >= 11 is 12.0. The standard InChI is InChI=1S/C12H16Cl2N2O/c1-2-16-12(17)6-7-15-8-9-10(13)4-3-5-11(9)14/h3-5,15H,2,6-8H2,1H3,(H,16,17). The summed E-state index contributed by atoms with van der Waals surface area (Å²) < 4.78 is 0. The maximum Gasteiger partial charge on any atom is 0.221 e. The lowest BCUT2D eigenvalue weighted by Crippen LogP contribution is -2.27. The van der Waals surface area contributed by atoms with Crippen molar-refractivity contribution in [2.45, 2.75) is 19.9 Å². The summed E-state index contributed by atoms with van der Waals surface area (Å²) in [5.41, 5.74) is 0.867. The van der Waals surface area contributed by atoms with E-state index in [2.05, 4.69) is 10.6 Å². The highest BCUT2D eigenvalue weighted by Crippen LogP contribution is 2.23. The number of amides is 1. The molecule has 0 aliphatic carbocycles. The molecule has 1 rings (SSSR count). The van der Waals surface area contributed by atoms with Crippen LogP contribution in [-0.4, -0.2) is 19.0 Å². The van der Waals surface area contributed by atoms with E-state index in [1.165, 1.54) is 0 Å². The maximum absolute atomic E-state index is 11.2. The molecule has 17 heavy (non-hydrogen) atoms. The molecule has 0 unspecified atom stereocenters. The van der Waals surface area contributed by atoms with Gasteiger partial charge in [-0.2, -0.15) is 0 Å². The van der Waals surface area contributed by atoms with Crippen LogP contribution in [0.3, 0.4) is 0 Å². The average Bonchev–Trinajstić information content (AvgIpc) is 2.28. The molecule has 0 aliphatic heterocycles. The summed E-state index contributed by atoms with van der Waals surface area (Å²) in [6.07, 6.45) is 0.454. The molecular formula is C12H16Cl2N2O. The van der Waals surface area contributed by atoms with Gasteiger partial charge in [-0.3, -0.25) is 4.79 Å². The zero-order chi connectivity index (χ0) is 12.7. The number of halogens is 2. The van der Waals surface area contributed by atoms with Crippen molar-refractivity contribution in [1.82, 2.24) is 10.6 Å². The van der Waals surface area contributed by atoms with Crippen LogP contribution < -0.4 is 10.6 Å². The molecule has 1 aromatic carbocycles. The molecule has 0 aromatic heterocycles. The van der Waals surface area contributed by atoms with Gasteiger partial charge in [0.15, 0.2) is 0 Å². The lowest BCUT2D eigenvalue weighted by Gasteiger charge is -2.08. The molecule has 0 radical (unpaired) electrons. The van der Waals surface area contributed by atoms with Crippen LogP contribution in [0.1, 0.15) is 18.9 Å². The normalized spacial score (nSPS) is 10.3. The van der Waals surface area contributed by atoms with Crippen molar-refractivity contribution < 1.29 is 4.79 Å². The number of hydrogen-bond acceptors (Lipinski definition) is 2. The molecule has 1 aromatic rings. The molecule has 0 atom stereocenters. The van der Waals surface area contributed by atoms with Gasteiger partial charge in [-0.25, -0.2) is 0 Å². The van der Waals surface area contributed by atoms with Gasteiger partial charge >= 0.3 is 0 Å². The summed E-state index contributed by atoms with van der Waals surface area (Å²) in [5, 5.41) is 7.16. The van der Waals surface area contributed by atoms with Gasteiger partial charge in [-0.15, -0.1) is 0 Å². The molecule has 2 N–H and O–H groups in total. The summed E-state index contributed by atoms with van der Waals surface area (Å²) in [7, 11) is 0. The van der Waals surface area contributed by atoms with Crippen molar-refractivity contribution >= 4 is 29.1 Å². The molecular weight excluding hydrogens is 259 g/mol. The molecule has 3 nitrogen and oxygen atoms in total. The fraction of sp³-hybridized carbons (Fsp3) is 0.417. The summed E-state index contributed by atoms with van der Waals surface area (Å²) in [6.45, 7) is 3.73. The van der Waals surface area contributed by atoms with E-state index in [-0.39, 0.29) is 5.91 Å². The van der Waals surface area contributed by atoms with Gasteiger partial charge in [0, 0.05) is 41.7 Å². The number of benzene rings is 1. The zero-order valence-corrected chi connectivity index (χ0v) is 11.2. The van der Waals surface area contributed by atoms with Crippen molar-refractivity contribution in [2.24, 2.45) is 0 Å². The van der Waals surface area contributed by atoms with Gasteiger partial charge < -0.3 is 10.6 Å². The van der Waals surface area contributed by atoms with E-state index in [1.54, 1.807) is 12.1 Å². The number of rotatable bonds is 6. The molecule has 0 spiro atoms. The Hall–Kier alpha value is -0.770. The molecule has 5 heteroatoms. The van der Waals surface area contributed by atoms with Crippen LogP contribution in [0.4, 0.5) is 0 Å². The van der Waals surface area contributed by atoms with Crippen LogP contribution >= 0.6 is 23.2 Å². The monoisotopic (exact) mass is 274 g/mol. The fourth-order valence-corrected chi connectivity index (χ4v) is 1.93. The highest BCUT2D eigenvalue weighted by atomic mass is 35.5. The predicted molar refractivity (Wildman–Crippen MR) is 71.5 cm³/mol. The molecule has 0 saturated carbocycles. The van der Waals surface area contributed by atoms with Crippen LogP contribution in [0, 0.1) is 0 Å². The van der Waals surface area contributed by atoms with E-state index in [0.717, 1.165) is 5.56 Å². The van der Waals surface area contributed by atoms with E-state index in [9.17, 15) is 4.79 Å². The van der Waals surface area contributed by atoms with Crippen LogP contribution in [0.15, 0.2) is 18.2 Å². The Bertz CT molecular complexity index is 363. The molecule has 0 aliphatic rings.